The maximum atomic E-state index is 13.9. The summed E-state index contributed by atoms with van der Waals surface area (Å²) < 4.78 is 14.7. The molecular formula is C12H14ClFN6O2. The Hall–Kier alpha value is -2.49. The van der Waals surface area contributed by atoms with E-state index >= 15 is 0 Å². The van der Waals surface area contributed by atoms with Gasteiger partial charge in [0.15, 0.2) is 5.69 Å². The number of halogens is 2. The summed E-state index contributed by atoms with van der Waals surface area (Å²) in [5.41, 5.74) is 3.59. The highest BCUT2D eigenvalue weighted by molar-refractivity contribution is 5.96. The first kappa shape index (κ1) is 17.6. The maximum absolute atomic E-state index is 13.9. The van der Waals surface area contributed by atoms with E-state index in [1.54, 1.807) is 13.0 Å². The van der Waals surface area contributed by atoms with E-state index in [4.69, 9.17) is 11.7 Å². The summed E-state index contributed by atoms with van der Waals surface area (Å²) in [5.74, 6) is 8.86. The first-order valence-electron chi connectivity index (χ1n) is 5.87. The Morgan fingerprint density at radius 2 is 2.05 bits per heavy atom. The van der Waals surface area contributed by atoms with Crippen LogP contribution in [0.4, 0.5) is 10.1 Å². The minimum atomic E-state index is -0.773. The number of anilines is 1. The van der Waals surface area contributed by atoms with Gasteiger partial charge in [0.1, 0.15) is 11.5 Å². The zero-order chi connectivity index (χ0) is 15.6. The molecule has 6 N–H and O–H groups in total. The molecule has 0 radical (unpaired) electrons. The van der Waals surface area contributed by atoms with Crippen molar-refractivity contribution in [3.05, 3.63) is 51.7 Å². The van der Waals surface area contributed by atoms with Crippen molar-refractivity contribution < 1.29 is 9.18 Å². The van der Waals surface area contributed by atoms with Crippen LogP contribution < -0.4 is 28.1 Å². The molecule has 0 fully saturated rings. The number of nitrogens with one attached hydrogen (secondary N) is 2. The second kappa shape index (κ2) is 6.98. The number of aromatic nitrogens is 2. The van der Waals surface area contributed by atoms with Crippen molar-refractivity contribution in [1.29, 1.82) is 0 Å². The predicted molar refractivity (Wildman–Crippen MR) is 81.2 cm³/mol. The number of hydrazine groups is 2. The molecule has 1 aromatic heterocycles. The summed E-state index contributed by atoms with van der Waals surface area (Å²) in [4.78, 5) is 23.7. The number of hydrogen-bond donors (Lipinski definition) is 4. The molecule has 0 bridgehead atoms. The van der Waals surface area contributed by atoms with Crippen LogP contribution in [0.15, 0.2) is 29.1 Å². The Labute approximate surface area is 130 Å². The predicted octanol–water partition coefficient (Wildman–Crippen LogP) is -0.00908. The van der Waals surface area contributed by atoms with E-state index in [1.165, 1.54) is 12.1 Å². The number of nitrogens with two attached hydrogens (primary N) is 2. The van der Waals surface area contributed by atoms with Gasteiger partial charge in [-0.2, -0.15) is 9.78 Å². The van der Waals surface area contributed by atoms with E-state index < -0.39 is 17.3 Å². The van der Waals surface area contributed by atoms with Crippen molar-refractivity contribution in [3.63, 3.8) is 0 Å². The molecule has 22 heavy (non-hydrogen) atoms. The van der Waals surface area contributed by atoms with Gasteiger partial charge in [-0.1, -0.05) is 12.1 Å². The smallest absolute Gasteiger partial charge is 0.287 e. The van der Waals surface area contributed by atoms with Crippen molar-refractivity contribution in [1.82, 2.24) is 15.2 Å². The number of hydrogen-bond acceptors (Lipinski definition) is 6. The average Bonchev–Trinajstić information content (AvgIpc) is 2.47. The van der Waals surface area contributed by atoms with Crippen molar-refractivity contribution in [2.75, 3.05) is 5.43 Å². The van der Waals surface area contributed by atoms with Gasteiger partial charge in [-0.05, 0) is 18.6 Å². The highest BCUT2D eigenvalue weighted by atomic mass is 35.5. The molecule has 2 aromatic rings. The zero-order valence-corrected chi connectivity index (χ0v) is 12.3. The molecular weight excluding hydrogens is 315 g/mol. The summed E-state index contributed by atoms with van der Waals surface area (Å²) in [5, 5.41) is 3.84. The van der Waals surface area contributed by atoms with E-state index in [2.05, 4.69) is 10.5 Å². The molecule has 2 rings (SSSR count). The van der Waals surface area contributed by atoms with Gasteiger partial charge in [-0.25, -0.2) is 10.2 Å². The van der Waals surface area contributed by atoms with E-state index in [0.717, 1.165) is 10.7 Å². The van der Waals surface area contributed by atoms with Gasteiger partial charge < -0.3 is 5.43 Å². The molecule has 1 amide bonds. The topological polar surface area (TPSA) is 128 Å². The molecule has 0 aliphatic rings. The molecule has 118 valence electrons. The van der Waals surface area contributed by atoms with Crippen LogP contribution in [-0.4, -0.2) is 15.7 Å². The van der Waals surface area contributed by atoms with E-state index in [1.807, 2.05) is 5.43 Å². The number of benzene rings is 1. The van der Waals surface area contributed by atoms with Gasteiger partial charge in [-0.15, -0.1) is 12.4 Å². The number of amides is 1. The summed E-state index contributed by atoms with van der Waals surface area (Å²) in [6.07, 6.45) is 0. The van der Waals surface area contributed by atoms with Gasteiger partial charge in [0.2, 0.25) is 0 Å². The van der Waals surface area contributed by atoms with Crippen LogP contribution in [0.2, 0.25) is 0 Å². The normalized spacial score (nSPS) is 9.82. The quantitative estimate of drug-likeness (QED) is 0.356. The zero-order valence-electron chi connectivity index (χ0n) is 11.5. The molecule has 0 saturated carbocycles. The minimum Gasteiger partial charge on any atom is -0.322 e. The molecule has 0 spiro atoms. The number of nitrogen functional groups attached to an aromatic ring is 2. The lowest BCUT2D eigenvalue weighted by atomic mass is 10.2. The fourth-order valence-electron chi connectivity index (χ4n) is 1.85. The standard InChI is InChI=1S/C12H13FN6O2.ClH/c1-6-3-2-4-7(13)11(6)19-9(20)5-8(16-14)10(18-19)12(21)17-15;/h2-5,16H,14-15H2,1H3,(H,17,21);1H. The van der Waals surface area contributed by atoms with Crippen LogP contribution in [0.1, 0.15) is 16.1 Å². The lowest BCUT2D eigenvalue weighted by Gasteiger charge is -2.12. The van der Waals surface area contributed by atoms with Gasteiger partial charge in [-0.3, -0.25) is 20.9 Å². The SMILES string of the molecule is Cc1cccc(F)c1-n1nc(C(=O)NN)c(NN)cc1=O.Cl. The molecule has 0 atom stereocenters. The van der Waals surface area contributed by atoms with Crippen molar-refractivity contribution in [2.24, 2.45) is 11.7 Å². The number of para-hydroxylation sites is 1. The summed E-state index contributed by atoms with van der Waals surface area (Å²) in [6.45, 7) is 1.62. The highest BCUT2D eigenvalue weighted by Gasteiger charge is 2.18. The monoisotopic (exact) mass is 328 g/mol. The fraction of sp³-hybridized carbons (Fsp3) is 0.0833. The van der Waals surface area contributed by atoms with E-state index in [0.29, 0.717) is 5.56 Å². The second-order valence-corrected chi connectivity index (χ2v) is 4.18. The number of rotatable bonds is 3. The van der Waals surface area contributed by atoms with Gasteiger partial charge in [0.25, 0.3) is 11.5 Å². The molecule has 0 aliphatic carbocycles. The lowest BCUT2D eigenvalue weighted by Crippen LogP contribution is -2.35. The third-order valence-electron chi connectivity index (χ3n) is 2.83. The molecule has 0 unspecified atom stereocenters. The van der Waals surface area contributed by atoms with Gasteiger partial charge >= 0.3 is 0 Å². The Kier molecular flexibility index (Phi) is 5.57. The van der Waals surface area contributed by atoms with E-state index in [9.17, 15) is 14.0 Å². The fourth-order valence-corrected chi connectivity index (χ4v) is 1.85. The Balaban J connectivity index is 0.00000242. The van der Waals surface area contributed by atoms with Crippen LogP contribution in [0.25, 0.3) is 5.69 Å². The number of aryl methyl sites for hydroxylation is 1. The van der Waals surface area contributed by atoms with Crippen molar-refractivity contribution in [3.8, 4) is 5.69 Å². The van der Waals surface area contributed by atoms with Crippen LogP contribution >= 0.6 is 12.4 Å². The molecule has 0 aliphatic heterocycles. The number of carbonyl (C=O) groups is 1. The molecule has 10 heteroatoms. The molecule has 1 heterocycles. The summed E-state index contributed by atoms with van der Waals surface area (Å²) in [6, 6.07) is 5.34. The van der Waals surface area contributed by atoms with Crippen LogP contribution in [0, 0.1) is 12.7 Å². The lowest BCUT2D eigenvalue weighted by molar-refractivity contribution is 0.0947. The molecule has 1 aromatic carbocycles. The third kappa shape index (κ3) is 3.06. The average molecular weight is 329 g/mol. The first-order valence-corrected chi connectivity index (χ1v) is 5.87. The Morgan fingerprint density at radius 3 is 2.59 bits per heavy atom. The number of carbonyl (C=O) groups excluding carboxylic acids is 1. The van der Waals surface area contributed by atoms with Crippen molar-refractivity contribution in [2.45, 2.75) is 6.92 Å². The maximum Gasteiger partial charge on any atom is 0.287 e. The molecule has 0 saturated heterocycles. The summed E-state index contributed by atoms with van der Waals surface area (Å²) >= 11 is 0. The third-order valence-corrected chi connectivity index (χ3v) is 2.83. The Bertz CT molecular complexity index is 744. The Morgan fingerprint density at radius 1 is 1.36 bits per heavy atom. The summed E-state index contributed by atoms with van der Waals surface area (Å²) in [7, 11) is 0. The largest absolute Gasteiger partial charge is 0.322 e. The minimum absolute atomic E-state index is 0. The van der Waals surface area contributed by atoms with Gasteiger partial charge in [0, 0.05) is 6.07 Å². The van der Waals surface area contributed by atoms with Crippen LogP contribution in [0.3, 0.4) is 0 Å². The second-order valence-electron chi connectivity index (χ2n) is 4.18. The van der Waals surface area contributed by atoms with Gasteiger partial charge in [0.05, 0.1) is 5.69 Å². The number of nitrogens with zero attached hydrogens (tertiary/aromatic N) is 2. The first-order chi connectivity index (χ1) is 9.99. The van der Waals surface area contributed by atoms with Crippen LogP contribution in [0.5, 0.6) is 0 Å². The van der Waals surface area contributed by atoms with Crippen molar-refractivity contribution >= 4 is 24.0 Å². The molecule has 8 nitrogen and oxygen atoms in total. The van der Waals surface area contributed by atoms with E-state index in [-0.39, 0.29) is 29.5 Å². The highest BCUT2D eigenvalue weighted by Crippen LogP contribution is 2.17. The van der Waals surface area contributed by atoms with Crippen LogP contribution in [-0.2, 0) is 0 Å².